The van der Waals surface area contributed by atoms with Gasteiger partial charge in [0.15, 0.2) is 6.54 Å². The maximum absolute atomic E-state index is 11.7. The van der Waals surface area contributed by atoms with E-state index in [-0.39, 0.29) is 11.9 Å². The number of carbonyl (C=O) groups is 2. The normalized spacial score (nSPS) is 17.3. The van der Waals surface area contributed by atoms with Crippen LogP contribution in [0.3, 0.4) is 0 Å². The topological polar surface area (TPSA) is 62.6 Å². The van der Waals surface area contributed by atoms with Crippen molar-refractivity contribution in [1.82, 2.24) is 10.6 Å². The van der Waals surface area contributed by atoms with Gasteiger partial charge >= 0.3 is 6.03 Å². The van der Waals surface area contributed by atoms with Crippen LogP contribution >= 0.6 is 0 Å². The Labute approximate surface area is 109 Å². The fourth-order valence-corrected chi connectivity index (χ4v) is 2.14. The van der Waals surface area contributed by atoms with E-state index in [2.05, 4.69) is 10.6 Å². The van der Waals surface area contributed by atoms with E-state index in [0.29, 0.717) is 19.0 Å². The maximum Gasteiger partial charge on any atom is 0.321 e. The molecule has 0 radical (unpaired) electrons. The van der Waals surface area contributed by atoms with Gasteiger partial charge in [-0.05, 0) is 31.6 Å². The molecule has 1 aliphatic rings. The summed E-state index contributed by atoms with van der Waals surface area (Å²) < 4.78 is 0. The summed E-state index contributed by atoms with van der Waals surface area (Å²) in [6.07, 6.45) is 4.89. The van der Waals surface area contributed by atoms with Crippen molar-refractivity contribution in [2.45, 2.75) is 39.5 Å². The lowest BCUT2D eigenvalue weighted by Gasteiger charge is -2.16. The summed E-state index contributed by atoms with van der Waals surface area (Å²) in [6, 6.07) is -0.372. The molecule has 0 bridgehead atoms. The minimum absolute atomic E-state index is 0.173. The fraction of sp³-hybridized carbons (Fsp3) is 0.846. The number of carbonyl (C=O) groups excluding carboxylic acids is 2. The van der Waals surface area contributed by atoms with Crippen LogP contribution in [0, 0.1) is 5.92 Å². The van der Waals surface area contributed by atoms with Crippen LogP contribution in [0.25, 0.3) is 0 Å². The van der Waals surface area contributed by atoms with Gasteiger partial charge in [-0.15, -0.1) is 0 Å². The Bertz CT molecular complexity index is 271. The maximum atomic E-state index is 11.7. The van der Waals surface area contributed by atoms with Crippen molar-refractivity contribution in [3.05, 3.63) is 0 Å². The summed E-state index contributed by atoms with van der Waals surface area (Å²) in [5, 5.41) is 5.08. The second kappa shape index (κ2) is 8.08. The first-order chi connectivity index (χ1) is 8.58. The SMILES string of the molecule is CC(C)CNC(=O)NC(=O)C[NH+]1CCCCCC1. The number of likely N-dealkylation sites (tertiary alicyclic amines) is 1. The van der Waals surface area contributed by atoms with E-state index in [4.69, 9.17) is 0 Å². The van der Waals surface area contributed by atoms with Crippen LogP contribution in [0.15, 0.2) is 0 Å². The third-order valence-corrected chi connectivity index (χ3v) is 3.15. The highest BCUT2D eigenvalue weighted by Crippen LogP contribution is 1.98. The first kappa shape index (κ1) is 15.0. The van der Waals surface area contributed by atoms with Crippen LogP contribution in [0.1, 0.15) is 39.5 Å². The molecule has 0 saturated carbocycles. The molecule has 5 nitrogen and oxygen atoms in total. The van der Waals surface area contributed by atoms with Gasteiger partial charge in [0, 0.05) is 6.54 Å². The Hall–Kier alpha value is -1.10. The van der Waals surface area contributed by atoms with Crippen LogP contribution in [0.5, 0.6) is 0 Å². The number of imide groups is 1. The van der Waals surface area contributed by atoms with Crippen LogP contribution < -0.4 is 15.5 Å². The molecule has 18 heavy (non-hydrogen) atoms. The first-order valence-corrected chi connectivity index (χ1v) is 6.99. The average Bonchev–Trinajstić information content (AvgIpc) is 2.54. The van der Waals surface area contributed by atoms with Crippen molar-refractivity contribution in [3.8, 4) is 0 Å². The van der Waals surface area contributed by atoms with Gasteiger partial charge in [0.1, 0.15) is 0 Å². The quantitative estimate of drug-likeness (QED) is 0.659. The number of rotatable bonds is 4. The van der Waals surface area contributed by atoms with E-state index in [1.54, 1.807) is 0 Å². The minimum Gasteiger partial charge on any atom is -0.338 e. The second-order valence-corrected chi connectivity index (χ2v) is 5.49. The standard InChI is InChI=1S/C13H25N3O2/c1-11(2)9-14-13(18)15-12(17)10-16-7-5-3-4-6-8-16/h11H,3-10H2,1-2H3,(H2,14,15,17,18)/p+1. The van der Waals surface area contributed by atoms with Crippen LogP contribution in [-0.4, -0.2) is 38.1 Å². The molecule has 0 aromatic heterocycles. The zero-order valence-corrected chi connectivity index (χ0v) is 11.6. The number of nitrogens with one attached hydrogen (secondary N) is 3. The molecule has 104 valence electrons. The van der Waals surface area contributed by atoms with Crippen LogP contribution in [0.2, 0.25) is 0 Å². The molecule has 0 unspecified atom stereocenters. The summed E-state index contributed by atoms with van der Waals surface area (Å²) in [5.74, 6) is 0.218. The highest BCUT2D eigenvalue weighted by molar-refractivity contribution is 5.94. The summed E-state index contributed by atoms with van der Waals surface area (Å²) >= 11 is 0. The van der Waals surface area contributed by atoms with Gasteiger partial charge in [-0.3, -0.25) is 10.1 Å². The van der Waals surface area contributed by atoms with E-state index in [9.17, 15) is 9.59 Å². The van der Waals surface area contributed by atoms with Gasteiger partial charge in [0.25, 0.3) is 5.91 Å². The molecule has 1 rings (SSSR count). The summed E-state index contributed by atoms with van der Waals surface area (Å²) in [6.45, 7) is 7.12. The predicted octanol–water partition coefficient (Wildman–Crippen LogP) is -0.0729. The van der Waals surface area contributed by atoms with Gasteiger partial charge in [-0.2, -0.15) is 0 Å². The number of quaternary nitrogens is 1. The molecular formula is C13H26N3O2+. The minimum atomic E-state index is -0.372. The zero-order chi connectivity index (χ0) is 13.4. The van der Waals surface area contributed by atoms with Gasteiger partial charge in [-0.1, -0.05) is 13.8 Å². The molecule has 1 aliphatic heterocycles. The number of urea groups is 1. The van der Waals surface area contributed by atoms with E-state index >= 15 is 0 Å². The Morgan fingerprint density at radius 1 is 1.11 bits per heavy atom. The molecule has 3 amide bonds. The summed E-state index contributed by atoms with van der Waals surface area (Å²) in [7, 11) is 0. The predicted molar refractivity (Wildman–Crippen MR) is 70.4 cm³/mol. The molecule has 0 aromatic carbocycles. The molecular weight excluding hydrogens is 230 g/mol. The Kier molecular flexibility index (Phi) is 6.72. The van der Waals surface area contributed by atoms with Crippen molar-refractivity contribution < 1.29 is 14.5 Å². The van der Waals surface area contributed by atoms with Gasteiger partial charge in [0.05, 0.1) is 13.1 Å². The average molecular weight is 256 g/mol. The smallest absolute Gasteiger partial charge is 0.321 e. The molecule has 5 heteroatoms. The Morgan fingerprint density at radius 2 is 1.72 bits per heavy atom. The number of hydrogen-bond donors (Lipinski definition) is 3. The molecule has 0 spiro atoms. The van der Waals surface area contributed by atoms with Crippen molar-refractivity contribution in [1.29, 1.82) is 0 Å². The lowest BCUT2D eigenvalue weighted by molar-refractivity contribution is -0.891. The lowest BCUT2D eigenvalue weighted by atomic mass is 10.2. The second-order valence-electron chi connectivity index (χ2n) is 5.49. The van der Waals surface area contributed by atoms with Gasteiger partial charge < -0.3 is 10.2 Å². The van der Waals surface area contributed by atoms with Crippen molar-refractivity contribution in [2.24, 2.45) is 5.92 Å². The molecule has 0 atom stereocenters. The summed E-state index contributed by atoms with van der Waals surface area (Å²) in [4.78, 5) is 24.4. The van der Waals surface area contributed by atoms with E-state index in [1.807, 2.05) is 13.8 Å². The number of amides is 3. The van der Waals surface area contributed by atoms with Crippen LogP contribution in [-0.2, 0) is 4.79 Å². The third kappa shape index (κ3) is 6.59. The first-order valence-electron chi connectivity index (χ1n) is 6.99. The van der Waals surface area contributed by atoms with Crippen molar-refractivity contribution >= 4 is 11.9 Å². The molecule has 0 aliphatic carbocycles. The Morgan fingerprint density at radius 3 is 2.28 bits per heavy atom. The van der Waals surface area contributed by atoms with E-state index in [0.717, 1.165) is 13.1 Å². The Balaban J connectivity index is 2.21. The molecule has 1 heterocycles. The molecule has 1 saturated heterocycles. The van der Waals surface area contributed by atoms with Crippen molar-refractivity contribution in [3.63, 3.8) is 0 Å². The molecule has 3 N–H and O–H groups in total. The van der Waals surface area contributed by atoms with Crippen molar-refractivity contribution in [2.75, 3.05) is 26.2 Å². The van der Waals surface area contributed by atoms with Crippen LogP contribution in [0.4, 0.5) is 4.79 Å². The third-order valence-electron chi connectivity index (χ3n) is 3.15. The number of hydrogen-bond acceptors (Lipinski definition) is 2. The fourth-order valence-electron chi connectivity index (χ4n) is 2.14. The molecule has 0 aromatic rings. The van der Waals surface area contributed by atoms with E-state index in [1.165, 1.54) is 30.6 Å². The van der Waals surface area contributed by atoms with Gasteiger partial charge in [0.2, 0.25) is 0 Å². The highest BCUT2D eigenvalue weighted by atomic mass is 16.2. The zero-order valence-electron chi connectivity index (χ0n) is 11.6. The van der Waals surface area contributed by atoms with E-state index < -0.39 is 0 Å². The highest BCUT2D eigenvalue weighted by Gasteiger charge is 2.17. The largest absolute Gasteiger partial charge is 0.338 e. The summed E-state index contributed by atoms with van der Waals surface area (Å²) in [5.41, 5.74) is 0. The molecule has 1 fully saturated rings. The lowest BCUT2D eigenvalue weighted by Crippen LogP contribution is -3.13. The van der Waals surface area contributed by atoms with Gasteiger partial charge in [-0.25, -0.2) is 4.79 Å². The monoisotopic (exact) mass is 256 g/mol.